The molecule has 0 bridgehead atoms. The first-order valence-electron chi connectivity index (χ1n) is 6.44. The fourth-order valence-electron chi connectivity index (χ4n) is 2.05. The molecule has 1 N–H and O–H groups in total. The maximum atomic E-state index is 12.1. The van der Waals surface area contributed by atoms with Crippen molar-refractivity contribution in [2.45, 2.75) is 26.0 Å². The topological polar surface area (TPSA) is 34.4 Å². The van der Waals surface area contributed by atoms with Gasteiger partial charge in [-0.25, -0.2) is 0 Å². The highest BCUT2D eigenvalue weighted by atomic mass is 19.3. The molecule has 1 aromatic carbocycles. The predicted molar refractivity (Wildman–Crippen MR) is 72.1 cm³/mol. The number of hydrogen-bond acceptors (Lipinski definition) is 3. The molecule has 0 amide bonds. The molecule has 2 aromatic rings. The van der Waals surface area contributed by atoms with E-state index < -0.39 is 6.61 Å². The number of benzene rings is 1. The number of nitrogens with one attached hydrogen (secondary N) is 1. The summed E-state index contributed by atoms with van der Waals surface area (Å²) in [6.07, 6.45) is 0.831. The quantitative estimate of drug-likeness (QED) is 0.875. The third-order valence-electron chi connectivity index (χ3n) is 3.04. The van der Waals surface area contributed by atoms with Gasteiger partial charge in [-0.05, 0) is 36.9 Å². The van der Waals surface area contributed by atoms with Crippen molar-refractivity contribution >= 4 is 0 Å². The van der Waals surface area contributed by atoms with Gasteiger partial charge in [0.2, 0.25) is 0 Å². The summed E-state index contributed by atoms with van der Waals surface area (Å²) in [7, 11) is 1.82. The molecule has 0 radical (unpaired) electrons. The molecule has 2 rings (SSSR count). The van der Waals surface area contributed by atoms with E-state index >= 15 is 0 Å². The highest BCUT2D eigenvalue weighted by Gasteiger charge is 2.16. The van der Waals surface area contributed by atoms with Crippen LogP contribution < -0.4 is 10.1 Å². The van der Waals surface area contributed by atoms with Crippen LogP contribution in [0.15, 0.2) is 40.8 Å². The number of aryl methyl sites for hydroxylation is 1. The third-order valence-corrected chi connectivity index (χ3v) is 3.04. The zero-order valence-electron chi connectivity index (χ0n) is 11.4. The number of hydrogen-bond donors (Lipinski definition) is 1. The van der Waals surface area contributed by atoms with Crippen LogP contribution in [-0.4, -0.2) is 13.7 Å². The maximum Gasteiger partial charge on any atom is 0.387 e. The molecule has 108 valence electrons. The summed E-state index contributed by atoms with van der Waals surface area (Å²) >= 11 is 0. The molecule has 20 heavy (non-hydrogen) atoms. The first-order chi connectivity index (χ1) is 9.63. The Morgan fingerprint density at radius 3 is 2.35 bits per heavy atom. The Bertz CT molecular complexity index is 537. The highest BCUT2D eigenvalue weighted by Crippen LogP contribution is 2.26. The molecule has 1 unspecified atom stereocenters. The molecule has 0 fully saturated rings. The number of ether oxygens (including phenoxy) is 1. The third kappa shape index (κ3) is 3.36. The summed E-state index contributed by atoms with van der Waals surface area (Å²) in [5.74, 6) is 1.86. The lowest BCUT2D eigenvalue weighted by atomic mass is 10.0. The van der Waals surface area contributed by atoms with Gasteiger partial charge in [-0.2, -0.15) is 8.78 Å². The van der Waals surface area contributed by atoms with E-state index in [0.29, 0.717) is 0 Å². The minimum atomic E-state index is -2.81. The van der Waals surface area contributed by atoms with Gasteiger partial charge in [0, 0.05) is 6.42 Å². The summed E-state index contributed by atoms with van der Waals surface area (Å²) in [6, 6.07) is 10.3. The molecular formula is C15H17F2NO2. The number of furan rings is 1. The second-order valence-corrected chi connectivity index (χ2v) is 4.33. The summed E-state index contributed by atoms with van der Waals surface area (Å²) in [5.41, 5.74) is 0.922. The van der Waals surface area contributed by atoms with E-state index in [0.717, 1.165) is 23.5 Å². The molecule has 0 saturated carbocycles. The van der Waals surface area contributed by atoms with Crippen LogP contribution in [0.2, 0.25) is 0 Å². The molecule has 0 aliphatic carbocycles. The average Bonchev–Trinajstić information content (AvgIpc) is 2.90. The van der Waals surface area contributed by atoms with Gasteiger partial charge in [-0.15, -0.1) is 0 Å². The van der Waals surface area contributed by atoms with E-state index in [9.17, 15) is 8.78 Å². The van der Waals surface area contributed by atoms with E-state index in [2.05, 4.69) is 10.1 Å². The average molecular weight is 281 g/mol. The van der Waals surface area contributed by atoms with Crippen LogP contribution in [-0.2, 0) is 6.42 Å². The fraction of sp³-hybridized carbons (Fsp3) is 0.333. The molecule has 0 spiro atoms. The van der Waals surface area contributed by atoms with Crippen molar-refractivity contribution < 1.29 is 17.9 Å². The van der Waals surface area contributed by atoms with Crippen molar-refractivity contribution in [2.24, 2.45) is 0 Å². The SMILES string of the molecule is CCc1ccc(C(NC)c2ccc(OC(F)F)cc2)o1. The van der Waals surface area contributed by atoms with Gasteiger partial charge >= 0.3 is 6.61 Å². The van der Waals surface area contributed by atoms with Crippen LogP contribution in [0.4, 0.5) is 8.78 Å². The molecule has 5 heteroatoms. The standard InChI is InChI=1S/C15H17F2NO2/c1-3-11-8-9-13(19-11)14(18-2)10-4-6-12(7-5-10)20-15(16)17/h4-9,14-15,18H,3H2,1-2H3. The normalized spacial score (nSPS) is 12.7. The maximum absolute atomic E-state index is 12.1. The van der Waals surface area contributed by atoms with Crippen molar-refractivity contribution in [3.63, 3.8) is 0 Å². The molecule has 3 nitrogen and oxygen atoms in total. The van der Waals surface area contributed by atoms with Crippen LogP contribution in [0.25, 0.3) is 0 Å². The summed E-state index contributed by atoms with van der Waals surface area (Å²) in [6.45, 7) is -0.786. The van der Waals surface area contributed by atoms with Crippen molar-refractivity contribution in [1.29, 1.82) is 0 Å². The minimum absolute atomic E-state index is 0.115. The lowest BCUT2D eigenvalue weighted by Gasteiger charge is -2.15. The first kappa shape index (κ1) is 14.5. The van der Waals surface area contributed by atoms with Gasteiger partial charge in [0.15, 0.2) is 0 Å². The van der Waals surface area contributed by atoms with E-state index in [-0.39, 0.29) is 11.8 Å². The van der Waals surface area contributed by atoms with E-state index in [1.54, 1.807) is 12.1 Å². The van der Waals surface area contributed by atoms with Crippen LogP contribution in [0.3, 0.4) is 0 Å². The Hall–Kier alpha value is -1.88. The molecule has 1 heterocycles. The Kier molecular flexibility index (Phi) is 4.74. The Morgan fingerprint density at radius 2 is 1.85 bits per heavy atom. The first-order valence-corrected chi connectivity index (χ1v) is 6.44. The fourth-order valence-corrected chi connectivity index (χ4v) is 2.05. The Balaban J connectivity index is 2.18. The summed E-state index contributed by atoms with van der Waals surface area (Å²) in [5, 5.41) is 3.15. The monoisotopic (exact) mass is 281 g/mol. The zero-order valence-corrected chi connectivity index (χ0v) is 11.4. The molecule has 1 atom stereocenters. The van der Waals surface area contributed by atoms with Crippen LogP contribution >= 0.6 is 0 Å². The predicted octanol–water partition coefficient (Wildman–Crippen LogP) is 3.75. The smallest absolute Gasteiger partial charge is 0.387 e. The molecular weight excluding hydrogens is 264 g/mol. The zero-order chi connectivity index (χ0) is 14.5. The molecule has 1 aromatic heterocycles. The van der Waals surface area contributed by atoms with Gasteiger partial charge in [0.05, 0.1) is 6.04 Å². The molecule has 0 aliphatic heterocycles. The van der Waals surface area contributed by atoms with Gasteiger partial charge in [0.25, 0.3) is 0 Å². The van der Waals surface area contributed by atoms with Gasteiger partial charge in [-0.1, -0.05) is 19.1 Å². The van der Waals surface area contributed by atoms with Gasteiger partial charge in [-0.3, -0.25) is 0 Å². The second kappa shape index (κ2) is 6.52. The van der Waals surface area contributed by atoms with Crippen LogP contribution in [0.5, 0.6) is 5.75 Å². The summed E-state index contributed by atoms with van der Waals surface area (Å²) in [4.78, 5) is 0. The van der Waals surface area contributed by atoms with Crippen molar-refractivity contribution in [3.8, 4) is 5.75 Å². The number of alkyl halides is 2. The Morgan fingerprint density at radius 1 is 1.15 bits per heavy atom. The van der Waals surface area contributed by atoms with Crippen molar-refractivity contribution in [2.75, 3.05) is 7.05 Å². The van der Waals surface area contributed by atoms with Gasteiger partial charge < -0.3 is 14.5 Å². The minimum Gasteiger partial charge on any atom is -0.464 e. The lowest BCUT2D eigenvalue weighted by Crippen LogP contribution is -2.17. The molecule has 0 saturated heterocycles. The van der Waals surface area contributed by atoms with Crippen LogP contribution in [0.1, 0.15) is 30.0 Å². The molecule has 0 aliphatic rings. The number of halogens is 2. The van der Waals surface area contributed by atoms with Gasteiger partial charge in [0.1, 0.15) is 17.3 Å². The van der Waals surface area contributed by atoms with Crippen molar-refractivity contribution in [1.82, 2.24) is 5.32 Å². The summed E-state index contributed by atoms with van der Waals surface area (Å²) < 4.78 is 34.3. The van der Waals surface area contributed by atoms with E-state index in [1.165, 1.54) is 12.1 Å². The second-order valence-electron chi connectivity index (χ2n) is 4.33. The largest absolute Gasteiger partial charge is 0.464 e. The lowest BCUT2D eigenvalue weighted by molar-refractivity contribution is -0.0498. The van der Waals surface area contributed by atoms with E-state index in [1.807, 2.05) is 26.1 Å². The Labute approximate surface area is 116 Å². The number of rotatable bonds is 6. The van der Waals surface area contributed by atoms with Crippen molar-refractivity contribution in [3.05, 3.63) is 53.5 Å². The van der Waals surface area contributed by atoms with Crippen LogP contribution in [0, 0.1) is 0 Å². The highest BCUT2D eigenvalue weighted by molar-refractivity contribution is 5.33. The van der Waals surface area contributed by atoms with E-state index in [4.69, 9.17) is 4.42 Å².